The van der Waals surface area contributed by atoms with Crippen molar-refractivity contribution in [2.45, 2.75) is 32.0 Å². The molecule has 0 spiro atoms. The molecule has 5 nitrogen and oxygen atoms in total. The van der Waals surface area contributed by atoms with Crippen molar-refractivity contribution in [2.75, 3.05) is 12.0 Å². The summed E-state index contributed by atoms with van der Waals surface area (Å²) in [5, 5.41) is 2.96. The van der Waals surface area contributed by atoms with Gasteiger partial charge < -0.3 is 15.8 Å². The molecule has 0 bridgehead atoms. The van der Waals surface area contributed by atoms with Gasteiger partial charge in [-0.1, -0.05) is 18.2 Å². The molecule has 0 radical (unpaired) electrons. The van der Waals surface area contributed by atoms with Crippen molar-refractivity contribution in [3.05, 3.63) is 59.9 Å². The first-order valence-electron chi connectivity index (χ1n) is 8.27. The van der Waals surface area contributed by atoms with Crippen molar-refractivity contribution < 1.29 is 9.53 Å². The molecule has 0 aliphatic carbocycles. The van der Waals surface area contributed by atoms with Crippen LogP contribution in [-0.2, 0) is 11.4 Å². The quantitative estimate of drug-likeness (QED) is 0.680. The molecule has 1 heterocycles. The maximum atomic E-state index is 12.1. The largest absolute Gasteiger partial charge is 0.487 e. The summed E-state index contributed by atoms with van der Waals surface area (Å²) in [6.45, 7) is 2.35. The molecule has 142 valence electrons. The van der Waals surface area contributed by atoms with Crippen LogP contribution in [0.4, 0.5) is 0 Å². The lowest BCUT2D eigenvalue weighted by atomic mass is 10.1. The first kappa shape index (κ1) is 22.3. The zero-order valence-electron chi connectivity index (χ0n) is 15.1. The molecule has 3 N–H and O–H groups in total. The van der Waals surface area contributed by atoms with Crippen LogP contribution in [0, 0.1) is 0 Å². The minimum atomic E-state index is -0.474. The molecular formula is C19H26ClN3O2S. The van der Waals surface area contributed by atoms with Gasteiger partial charge in [0, 0.05) is 6.20 Å². The number of nitrogens with two attached hydrogens (primary N) is 1. The van der Waals surface area contributed by atoms with E-state index in [9.17, 15) is 4.79 Å². The lowest BCUT2D eigenvalue weighted by Crippen LogP contribution is -2.41. The van der Waals surface area contributed by atoms with Gasteiger partial charge in [0.15, 0.2) is 0 Å². The van der Waals surface area contributed by atoms with Crippen LogP contribution in [0.3, 0.4) is 0 Å². The molecular weight excluding hydrogens is 370 g/mol. The summed E-state index contributed by atoms with van der Waals surface area (Å²) in [7, 11) is 0. The van der Waals surface area contributed by atoms with Gasteiger partial charge in [-0.25, -0.2) is 0 Å². The maximum Gasteiger partial charge on any atom is 0.237 e. The van der Waals surface area contributed by atoms with E-state index < -0.39 is 6.04 Å². The molecule has 2 rings (SSSR count). The second kappa shape index (κ2) is 11.8. The van der Waals surface area contributed by atoms with Crippen LogP contribution in [0.5, 0.6) is 5.75 Å². The third-order valence-corrected chi connectivity index (χ3v) is 4.44. The molecule has 1 amide bonds. The molecule has 2 atom stereocenters. The highest BCUT2D eigenvalue weighted by Crippen LogP contribution is 2.20. The summed E-state index contributed by atoms with van der Waals surface area (Å²) in [5.74, 6) is 1.50. The van der Waals surface area contributed by atoms with E-state index in [0.29, 0.717) is 13.0 Å². The maximum absolute atomic E-state index is 12.1. The van der Waals surface area contributed by atoms with Crippen LogP contribution < -0.4 is 15.8 Å². The van der Waals surface area contributed by atoms with Crippen molar-refractivity contribution >= 4 is 30.1 Å². The first-order chi connectivity index (χ1) is 12.1. The third kappa shape index (κ3) is 7.23. The van der Waals surface area contributed by atoms with E-state index in [4.69, 9.17) is 10.5 Å². The monoisotopic (exact) mass is 395 g/mol. The van der Waals surface area contributed by atoms with E-state index in [1.165, 1.54) is 0 Å². The Labute approximate surface area is 165 Å². The van der Waals surface area contributed by atoms with Crippen LogP contribution in [0.1, 0.15) is 30.6 Å². The molecule has 0 fully saturated rings. The minimum absolute atomic E-state index is 0. The molecule has 2 aromatic rings. The normalized spacial score (nSPS) is 12.6. The van der Waals surface area contributed by atoms with E-state index in [1.54, 1.807) is 18.0 Å². The fourth-order valence-electron chi connectivity index (χ4n) is 2.29. The molecule has 7 heteroatoms. The zero-order chi connectivity index (χ0) is 18.1. The van der Waals surface area contributed by atoms with Crippen LogP contribution in [0.2, 0.25) is 0 Å². The standard InChI is InChI=1S/C19H25N3O2S.ClH/c1-14(22-19(23)18(20)9-11-25-2)15-6-5-8-17(12-15)24-13-16-7-3-4-10-21-16;/h3-8,10,12,14,18H,9,11,13,20H2,1-2H3,(H,22,23);1H/t14?,18-;/m0./s1. The number of rotatable bonds is 9. The number of carbonyl (C=O) groups excluding carboxylic acids is 1. The smallest absolute Gasteiger partial charge is 0.237 e. The predicted octanol–water partition coefficient (Wildman–Crippen LogP) is 3.34. The Morgan fingerprint density at radius 3 is 2.81 bits per heavy atom. The molecule has 1 unspecified atom stereocenters. The second-order valence-corrected chi connectivity index (χ2v) is 6.79. The van der Waals surface area contributed by atoms with Gasteiger partial charge in [-0.2, -0.15) is 11.8 Å². The number of benzene rings is 1. The lowest BCUT2D eigenvalue weighted by Gasteiger charge is -2.18. The number of nitrogens with one attached hydrogen (secondary N) is 1. The molecule has 0 aliphatic heterocycles. The number of thioether (sulfide) groups is 1. The summed E-state index contributed by atoms with van der Waals surface area (Å²) in [5.41, 5.74) is 7.76. The molecule has 0 saturated carbocycles. The van der Waals surface area contributed by atoms with Crippen LogP contribution in [0.25, 0.3) is 0 Å². The fraction of sp³-hybridized carbons (Fsp3) is 0.368. The molecule has 1 aromatic heterocycles. The zero-order valence-corrected chi connectivity index (χ0v) is 16.7. The van der Waals surface area contributed by atoms with Gasteiger partial charge in [0.2, 0.25) is 5.91 Å². The van der Waals surface area contributed by atoms with Crippen LogP contribution in [-0.4, -0.2) is 28.9 Å². The van der Waals surface area contributed by atoms with E-state index in [-0.39, 0.29) is 24.4 Å². The summed E-state index contributed by atoms with van der Waals surface area (Å²) < 4.78 is 5.79. The van der Waals surface area contributed by atoms with Crippen molar-refractivity contribution in [3.63, 3.8) is 0 Å². The highest BCUT2D eigenvalue weighted by Gasteiger charge is 2.16. The summed E-state index contributed by atoms with van der Waals surface area (Å²) in [6, 6.07) is 12.8. The van der Waals surface area contributed by atoms with Gasteiger partial charge in [0.05, 0.1) is 17.8 Å². The summed E-state index contributed by atoms with van der Waals surface area (Å²) in [6.07, 6.45) is 4.42. The number of amides is 1. The molecule has 0 saturated heterocycles. The highest BCUT2D eigenvalue weighted by molar-refractivity contribution is 7.98. The topological polar surface area (TPSA) is 77.2 Å². The summed E-state index contributed by atoms with van der Waals surface area (Å²) in [4.78, 5) is 16.4. The molecule has 1 aromatic carbocycles. The SMILES string of the molecule is CSCC[C@H](N)C(=O)NC(C)c1cccc(OCc2ccccn2)c1.Cl. The lowest BCUT2D eigenvalue weighted by molar-refractivity contribution is -0.123. The molecule has 0 aliphatic rings. The predicted molar refractivity (Wildman–Crippen MR) is 110 cm³/mol. The number of ether oxygens (including phenoxy) is 1. The van der Waals surface area contributed by atoms with E-state index in [2.05, 4.69) is 10.3 Å². The number of hydrogen-bond acceptors (Lipinski definition) is 5. The number of carbonyl (C=O) groups is 1. The van der Waals surface area contributed by atoms with Gasteiger partial charge >= 0.3 is 0 Å². The second-order valence-electron chi connectivity index (χ2n) is 5.80. The third-order valence-electron chi connectivity index (χ3n) is 3.80. The first-order valence-corrected chi connectivity index (χ1v) is 9.67. The Morgan fingerprint density at radius 2 is 2.12 bits per heavy atom. The van der Waals surface area contributed by atoms with Crippen LogP contribution >= 0.6 is 24.2 Å². The van der Waals surface area contributed by atoms with Gasteiger partial charge in [0.1, 0.15) is 12.4 Å². The Hall–Kier alpha value is -1.76. The number of halogens is 1. The van der Waals surface area contributed by atoms with Crippen LogP contribution in [0.15, 0.2) is 48.7 Å². The average molecular weight is 396 g/mol. The van der Waals surface area contributed by atoms with Gasteiger partial charge in [-0.05, 0) is 55.2 Å². The van der Waals surface area contributed by atoms with Gasteiger partial charge in [-0.3, -0.25) is 9.78 Å². The van der Waals surface area contributed by atoms with E-state index in [1.807, 2.05) is 55.6 Å². The number of aromatic nitrogens is 1. The fourth-order valence-corrected chi connectivity index (χ4v) is 2.78. The minimum Gasteiger partial charge on any atom is -0.487 e. The van der Waals surface area contributed by atoms with Crippen molar-refractivity contribution in [2.24, 2.45) is 5.73 Å². The van der Waals surface area contributed by atoms with Crippen molar-refractivity contribution in [1.82, 2.24) is 10.3 Å². The number of nitrogens with zero attached hydrogens (tertiary/aromatic N) is 1. The van der Waals surface area contributed by atoms with Gasteiger partial charge in [0.25, 0.3) is 0 Å². The van der Waals surface area contributed by atoms with Gasteiger partial charge in [-0.15, -0.1) is 12.4 Å². The Kier molecular flexibility index (Phi) is 10.1. The molecule has 26 heavy (non-hydrogen) atoms. The number of hydrogen-bond donors (Lipinski definition) is 2. The Bertz CT molecular complexity index is 673. The number of pyridine rings is 1. The Balaban J connectivity index is 0.00000338. The van der Waals surface area contributed by atoms with E-state index in [0.717, 1.165) is 22.8 Å². The average Bonchev–Trinajstić information content (AvgIpc) is 2.65. The highest BCUT2D eigenvalue weighted by atomic mass is 35.5. The Morgan fingerprint density at radius 1 is 1.31 bits per heavy atom. The van der Waals surface area contributed by atoms with Crippen molar-refractivity contribution in [1.29, 1.82) is 0 Å². The van der Waals surface area contributed by atoms with Crippen molar-refractivity contribution in [3.8, 4) is 5.75 Å². The summed E-state index contributed by atoms with van der Waals surface area (Å²) >= 11 is 1.69. The van der Waals surface area contributed by atoms with E-state index >= 15 is 0 Å².